The molecule has 0 unspecified atom stereocenters. The number of benzene rings is 2. The molecule has 0 radical (unpaired) electrons. The number of alkyl halides is 1. The van der Waals surface area contributed by atoms with E-state index in [-0.39, 0.29) is 0 Å². The fraction of sp³-hybridized carbons (Fsp3) is 0.250. The molecule has 0 saturated carbocycles. The molecule has 0 fully saturated rings. The molecule has 0 amide bonds. The van der Waals surface area contributed by atoms with Crippen molar-refractivity contribution in [1.82, 2.24) is 0 Å². The van der Waals surface area contributed by atoms with Crippen LogP contribution in [0.1, 0.15) is 16.7 Å². The van der Waals surface area contributed by atoms with Crippen LogP contribution in [-0.2, 0) is 24.4 Å². The molecule has 0 atom stereocenters. The molecule has 20 heavy (non-hydrogen) atoms. The second-order valence-electron chi connectivity index (χ2n) is 4.45. The van der Waals surface area contributed by atoms with Crippen molar-refractivity contribution in [2.75, 3.05) is 5.33 Å². The van der Waals surface area contributed by atoms with Crippen LogP contribution >= 0.6 is 39.1 Å². The van der Waals surface area contributed by atoms with Gasteiger partial charge in [-0.05, 0) is 29.7 Å². The van der Waals surface area contributed by atoms with Gasteiger partial charge in [0.25, 0.3) is 0 Å². The molecule has 4 heteroatoms. The van der Waals surface area contributed by atoms with Gasteiger partial charge < -0.3 is 4.74 Å². The fourth-order valence-electron chi connectivity index (χ4n) is 1.93. The Morgan fingerprint density at radius 1 is 0.900 bits per heavy atom. The highest BCUT2D eigenvalue weighted by molar-refractivity contribution is 9.09. The highest BCUT2D eigenvalue weighted by Crippen LogP contribution is 2.25. The van der Waals surface area contributed by atoms with Gasteiger partial charge in [0.1, 0.15) is 0 Å². The topological polar surface area (TPSA) is 9.23 Å². The van der Waals surface area contributed by atoms with E-state index in [1.165, 1.54) is 5.56 Å². The molecule has 0 N–H and O–H groups in total. The lowest BCUT2D eigenvalue weighted by atomic mass is 10.1. The van der Waals surface area contributed by atoms with Crippen LogP contribution in [0.5, 0.6) is 0 Å². The first kappa shape index (κ1) is 15.8. The normalized spacial score (nSPS) is 10.8. The minimum atomic E-state index is 0.418. The van der Waals surface area contributed by atoms with Crippen molar-refractivity contribution in [3.63, 3.8) is 0 Å². The first-order chi connectivity index (χ1) is 9.70. The second-order valence-corrected chi connectivity index (χ2v) is 6.06. The minimum absolute atomic E-state index is 0.418. The predicted molar refractivity (Wildman–Crippen MR) is 88.9 cm³/mol. The number of halogens is 3. The molecule has 0 aliphatic rings. The summed E-state index contributed by atoms with van der Waals surface area (Å²) in [6, 6.07) is 13.9. The van der Waals surface area contributed by atoms with Gasteiger partial charge in [0, 0.05) is 20.9 Å². The Morgan fingerprint density at radius 3 is 2.25 bits per heavy atom. The van der Waals surface area contributed by atoms with Gasteiger partial charge >= 0.3 is 0 Å². The molecule has 0 saturated heterocycles. The highest BCUT2D eigenvalue weighted by Gasteiger charge is 2.05. The summed E-state index contributed by atoms with van der Waals surface area (Å²) in [6.45, 7) is 0.971. The summed E-state index contributed by atoms with van der Waals surface area (Å²) >= 11 is 15.7. The van der Waals surface area contributed by atoms with E-state index in [4.69, 9.17) is 27.9 Å². The number of hydrogen-bond acceptors (Lipinski definition) is 1. The zero-order valence-electron chi connectivity index (χ0n) is 10.9. The molecule has 106 valence electrons. The van der Waals surface area contributed by atoms with Gasteiger partial charge in [0.15, 0.2) is 0 Å². The van der Waals surface area contributed by atoms with E-state index in [1.54, 1.807) is 0 Å². The van der Waals surface area contributed by atoms with Gasteiger partial charge in [-0.3, -0.25) is 0 Å². The van der Waals surface area contributed by atoms with Crippen molar-refractivity contribution < 1.29 is 4.74 Å². The number of ether oxygens (including phenoxy) is 1. The Hall–Kier alpha value is -0.540. The van der Waals surface area contributed by atoms with E-state index in [0.29, 0.717) is 23.3 Å². The van der Waals surface area contributed by atoms with E-state index in [0.717, 1.165) is 22.9 Å². The Labute approximate surface area is 138 Å². The molecule has 2 rings (SSSR count). The molecule has 2 aromatic rings. The Kier molecular flexibility index (Phi) is 6.37. The van der Waals surface area contributed by atoms with Crippen LogP contribution in [0.2, 0.25) is 10.0 Å². The van der Waals surface area contributed by atoms with E-state index >= 15 is 0 Å². The fourth-order valence-corrected chi connectivity index (χ4v) is 2.89. The van der Waals surface area contributed by atoms with E-state index in [2.05, 4.69) is 40.2 Å². The molecule has 0 spiro atoms. The Bertz CT molecular complexity index is 552. The van der Waals surface area contributed by atoms with Crippen LogP contribution in [0.3, 0.4) is 0 Å². The minimum Gasteiger partial charge on any atom is -0.372 e. The van der Waals surface area contributed by atoms with Crippen LogP contribution in [-0.4, -0.2) is 5.33 Å². The lowest BCUT2D eigenvalue weighted by Crippen LogP contribution is -1.97. The Morgan fingerprint density at radius 2 is 1.55 bits per heavy atom. The summed E-state index contributed by atoms with van der Waals surface area (Å²) in [6.07, 6.45) is 1.02. The SMILES string of the molecule is Clc1cccc(Cl)c1COCc1cccc(CCBr)c1. The Balaban J connectivity index is 1.94. The maximum Gasteiger partial charge on any atom is 0.0750 e. The number of aryl methyl sites for hydroxylation is 1. The first-order valence-electron chi connectivity index (χ1n) is 6.35. The zero-order chi connectivity index (χ0) is 14.4. The molecule has 2 aromatic carbocycles. The second kappa shape index (κ2) is 8.04. The summed E-state index contributed by atoms with van der Waals surface area (Å²) in [5, 5.41) is 2.25. The predicted octanol–water partition coefficient (Wildman–Crippen LogP) is 5.65. The van der Waals surface area contributed by atoms with E-state index < -0.39 is 0 Å². The van der Waals surface area contributed by atoms with Gasteiger partial charge in [-0.1, -0.05) is 69.5 Å². The maximum atomic E-state index is 6.11. The molecule has 0 aromatic heterocycles. The molecule has 1 nitrogen and oxygen atoms in total. The molecular formula is C16H15BrCl2O. The average molecular weight is 374 g/mol. The molecule has 0 heterocycles. The number of rotatable bonds is 6. The quantitative estimate of drug-likeness (QED) is 0.594. The summed E-state index contributed by atoms with van der Waals surface area (Å²) in [5.74, 6) is 0. The molecule has 0 bridgehead atoms. The lowest BCUT2D eigenvalue weighted by Gasteiger charge is -2.09. The average Bonchev–Trinajstić information content (AvgIpc) is 2.43. The van der Waals surface area contributed by atoms with E-state index in [9.17, 15) is 0 Å². The summed E-state index contributed by atoms with van der Waals surface area (Å²) in [5.41, 5.74) is 3.30. The van der Waals surface area contributed by atoms with Crippen LogP contribution in [0.15, 0.2) is 42.5 Å². The number of hydrogen-bond donors (Lipinski definition) is 0. The monoisotopic (exact) mass is 372 g/mol. The molecular weight excluding hydrogens is 359 g/mol. The van der Waals surface area contributed by atoms with Crippen LogP contribution in [0.4, 0.5) is 0 Å². The zero-order valence-corrected chi connectivity index (χ0v) is 14.0. The smallest absolute Gasteiger partial charge is 0.0750 e. The highest BCUT2D eigenvalue weighted by atomic mass is 79.9. The van der Waals surface area contributed by atoms with Gasteiger partial charge in [0.2, 0.25) is 0 Å². The van der Waals surface area contributed by atoms with Crippen molar-refractivity contribution in [3.8, 4) is 0 Å². The lowest BCUT2D eigenvalue weighted by molar-refractivity contribution is 0.107. The largest absolute Gasteiger partial charge is 0.372 e. The van der Waals surface area contributed by atoms with E-state index in [1.807, 2.05) is 18.2 Å². The third-order valence-electron chi connectivity index (χ3n) is 2.95. The van der Waals surface area contributed by atoms with Crippen LogP contribution in [0.25, 0.3) is 0 Å². The standard InChI is InChI=1S/C16H15BrCl2O/c17-8-7-12-3-1-4-13(9-12)10-20-11-14-15(18)5-2-6-16(14)19/h1-6,9H,7-8,10-11H2. The van der Waals surface area contributed by atoms with Crippen molar-refractivity contribution in [3.05, 3.63) is 69.2 Å². The maximum absolute atomic E-state index is 6.11. The van der Waals surface area contributed by atoms with Gasteiger partial charge in [-0.2, -0.15) is 0 Å². The molecule has 0 aliphatic heterocycles. The van der Waals surface area contributed by atoms with Crippen LogP contribution < -0.4 is 0 Å². The van der Waals surface area contributed by atoms with Crippen molar-refractivity contribution >= 4 is 39.1 Å². The first-order valence-corrected chi connectivity index (χ1v) is 8.23. The van der Waals surface area contributed by atoms with Crippen molar-refractivity contribution in [1.29, 1.82) is 0 Å². The van der Waals surface area contributed by atoms with Gasteiger partial charge in [-0.25, -0.2) is 0 Å². The summed E-state index contributed by atoms with van der Waals surface area (Å²) < 4.78 is 5.72. The summed E-state index contributed by atoms with van der Waals surface area (Å²) in [4.78, 5) is 0. The molecule has 0 aliphatic carbocycles. The third-order valence-corrected chi connectivity index (χ3v) is 4.06. The van der Waals surface area contributed by atoms with Crippen LogP contribution in [0, 0.1) is 0 Å². The van der Waals surface area contributed by atoms with Crippen molar-refractivity contribution in [2.24, 2.45) is 0 Å². The summed E-state index contributed by atoms with van der Waals surface area (Å²) in [7, 11) is 0. The third kappa shape index (κ3) is 4.49. The van der Waals surface area contributed by atoms with Gasteiger partial charge in [-0.15, -0.1) is 0 Å². The van der Waals surface area contributed by atoms with Gasteiger partial charge in [0.05, 0.1) is 13.2 Å². The van der Waals surface area contributed by atoms with Crippen molar-refractivity contribution in [2.45, 2.75) is 19.6 Å².